The number of ether oxygens (including phenoxy) is 1. The van der Waals surface area contributed by atoms with E-state index in [1.165, 1.54) is 23.2 Å². The second kappa shape index (κ2) is 6.04. The zero-order valence-corrected chi connectivity index (χ0v) is 11.6. The number of amides is 1. The summed E-state index contributed by atoms with van der Waals surface area (Å²) in [4.78, 5) is 28.4. The lowest BCUT2D eigenvalue weighted by molar-refractivity contribution is 0.0690. The number of carboxylic acid groups (broad SMARTS) is 1. The lowest BCUT2D eigenvalue weighted by atomic mass is 10.2. The average Bonchev–Trinajstić information content (AvgIpc) is 2.53. The van der Waals surface area contributed by atoms with E-state index in [0.29, 0.717) is 11.4 Å². The van der Waals surface area contributed by atoms with Crippen LogP contribution in [0.15, 0.2) is 42.6 Å². The molecule has 0 fully saturated rings. The molecule has 2 aromatic rings. The highest BCUT2D eigenvalue weighted by atomic mass is 16.5. The fourth-order valence-corrected chi connectivity index (χ4v) is 1.80. The zero-order valence-electron chi connectivity index (χ0n) is 11.6. The van der Waals surface area contributed by atoms with E-state index in [1.54, 1.807) is 38.4 Å². The number of anilines is 1. The topological polar surface area (TPSA) is 79.7 Å². The maximum Gasteiger partial charge on any atom is 0.354 e. The van der Waals surface area contributed by atoms with E-state index in [-0.39, 0.29) is 17.2 Å². The molecule has 108 valence electrons. The Kier molecular flexibility index (Phi) is 4.18. The predicted molar refractivity (Wildman–Crippen MR) is 76.9 cm³/mol. The van der Waals surface area contributed by atoms with Crippen LogP contribution >= 0.6 is 0 Å². The van der Waals surface area contributed by atoms with E-state index < -0.39 is 5.97 Å². The molecule has 1 N–H and O–H groups in total. The van der Waals surface area contributed by atoms with Gasteiger partial charge in [0.1, 0.15) is 11.4 Å². The van der Waals surface area contributed by atoms with Crippen LogP contribution < -0.4 is 9.64 Å². The van der Waals surface area contributed by atoms with Gasteiger partial charge >= 0.3 is 5.97 Å². The molecule has 1 heterocycles. The van der Waals surface area contributed by atoms with Crippen LogP contribution in [0.1, 0.15) is 20.8 Å². The molecular formula is C15H14N2O4. The van der Waals surface area contributed by atoms with Crippen LogP contribution in [0.4, 0.5) is 5.69 Å². The molecule has 0 aliphatic carbocycles. The van der Waals surface area contributed by atoms with Crippen molar-refractivity contribution in [3.05, 3.63) is 53.9 Å². The van der Waals surface area contributed by atoms with Gasteiger partial charge in [0.25, 0.3) is 5.91 Å². The van der Waals surface area contributed by atoms with E-state index in [9.17, 15) is 9.59 Å². The zero-order chi connectivity index (χ0) is 15.4. The summed E-state index contributed by atoms with van der Waals surface area (Å²) in [6.07, 6.45) is 1.30. The molecule has 0 spiro atoms. The second-order valence-corrected chi connectivity index (χ2v) is 4.30. The SMILES string of the molecule is COc1ccc(N(C)C(=O)c2ccnc(C(=O)O)c2)cc1. The maximum absolute atomic E-state index is 12.3. The minimum atomic E-state index is -1.17. The van der Waals surface area contributed by atoms with Crippen molar-refractivity contribution in [3.8, 4) is 5.75 Å². The van der Waals surface area contributed by atoms with Gasteiger partial charge in [-0.15, -0.1) is 0 Å². The number of rotatable bonds is 4. The highest BCUT2D eigenvalue weighted by Gasteiger charge is 2.16. The summed E-state index contributed by atoms with van der Waals surface area (Å²) in [5.41, 5.74) is 0.777. The van der Waals surface area contributed by atoms with E-state index in [4.69, 9.17) is 9.84 Å². The number of carbonyl (C=O) groups is 2. The summed E-state index contributed by atoms with van der Waals surface area (Å²) in [5, 5.41) is 8.90. The standard InChI is InChI=1S/C15H14N2O4/c1-17(11-3-5-12(21-2)6-4-11)14(18)10-7-8-16-13(9-10)15(19)20/h3-9H,1-2H3,(H,19,20). The van der Waals surface area contributed by atoms with Gasteiger partial charge in [-0.05, 0) is 36.4 Å². The van der Waals surface area contributed by atoms with Crippen LogP contribution in [0.2, 0.25) is 0 Å². The van der Waals surface area contributed by atoms with Gasteiger partial charge in [0.2, 0.25) is 0 Å². The summed E-state index contributed by atoms with van der Waals surface area (Å²) in [5.74, 6) is -0.793. The number of methoxy groups -OCH3 is 1. The summed E-state index contributed by atoms with van der Waals surface area (Å²) < 4.78 is 5.06. The third-order valence-corrected chi connectivity index (χ3v) is 2.99. The fourth-order valence-electron chi connectivity index (χ4n) is 1.80. The van der Waals surface area contributed by atoms with Crippen molar-refractivity contribution < 1.29 is 19.4 Å². The quantitative estimate of drug-likeness (QED) is 0.930. The van der Waals surface area contributed by atoms with E-state index in [2.05, 4.69) is 4.98 Å². The van der Waals surface area contributed by atoms with Gasteiger partial charge in [0.05, 0.1) is 7.11 Å². The van der Waals surface area contributed by atoms with Gasteiger partial charge < -0.3 is 14.7 Å². The Morgan fingerprint density at radius 1 is 1.19 bits per heavy atom. The Hall–Kier alpha value is -2.89. The van der Waals surface area contributed by atoms with Gasteiger partial charge in [-0.1, -0.05) is 0 Å². The molecule has 0 aliphatic heterocycles. The first-order valence-electron chi connectivity index (χ1n) is 6.14. The molecule has 6 nitrogen and oxygen atoms in total. The van der Waals surface area contributed by atoms with Crippen molar-refractivity contribution in [3.63, 3.8) is 0 Å². The summed E-state index contributed by atoms with van der Waals surface area (Å²) in [6.45, 7) is 0. The smallest absolute Gasteiger partial charge is 0.354 e. The average molecular weight is 286 g/mol. The minimum Gasteiger partial charge on any atom is -0.497 e. The summed E-state index contributed by atoms with van der Waals surface area (Å²) in [6, 6.07) is 9.72. The minimum absolute atomic E-state index is 0.163. The molecule has 0 radical (unpaired) electrons. The van der Waals surface area contributed by atoms with Crippen molar-refractivity contribution in [1.82, 2.24) is 4.98 Å². The van der Waals surface area contributed by atoms with Crippen LogP contribution in [-0.2, 0) is 0 Å². The maximum atomic E-state index is 12.3. The van der Waals surface area contributed by atoms with Gasteiger partial charge in [0.15, 0.2) is 0 Å². The van der Waals surface area contributed by atoms with E-state index >= 15 is 0 Å². The Bertz CT molecular complexity index is 668. The monoisotopic (exact) mass is 286 g/mol. The molecule has 0 unspecified atom stereocenters. The second-order valence-electron chi connectivity index (χ2n) is 4.30. The van der Waals surface area contributed by atoms with Gasteiger partial charge in [-0.2, -0.15) is 0 Å². The normalized spacial score (nSPS) is 10.0. The number of nitrogens with zero attached hydrogens (tertiary/aromatic N) is 2. The number of carbonyl (C=O) groups excluding carboxylic acids is 1. The van der Waals surface area contributed by atoms with Crippen LogP contribution in [-0.4, -0.2) is 36.1 Å². The molecule has 1 amide bonds. The number of benzene rings is 1. The number of pyridine rings is 1. The molecule has 6 heteroatoms. The number of aromatic nitrogens is 1. The molecule has 1 aromatic carbocycles. The Morgan fingerprint density at radius 2 is 1.86 bits per heavy atom. The van der Waals surface area contributed by atoms with Crippen molar-refractivity contribution >= 4 is 17.6 Å². The molecule has 0 bridgehead atoms. The Labute approximate surface area is 121 Å². The Balaban J connectivity index is 2.25. The first-order valence-corrected chi connectivity index (χ1v) is 6.14. The molecule has 0 aliphatic rings. The highest BCUT2D eigenvalue weighted by molar-refractivity contribution is 6.06. The molecule has 0 saturated heterocycles. The summed E-state index contributed by atoms with van der Waals surface area (Å²) in [7, 11) is 3.18. The van der Waals surface area contributed by atoms with E-state index in [0.717, 1.165) is 0 Å². The molecule has 1 aromatic heterocycles. The fraction of sp³-hybridized carbons (Fsp3) is 0.133. The number of aromatic carboxylic acids is 1. The molecule has 21 heavy (non-hydrogen) atoms. The van der Waals surface area contributed by atoms with Crippen LogP contribution in [0, 0.1) is 0 Å². The molecule has 0 saturated carbocycles. The van der Waals surface area contributed by atoms with Gasteiger partial charge in [-0.25, -0.2) is 9.78 Å². The number of carboxylic acids is 1. The summed E-state index contributed by atoms with van der Waals surface area (Å²) >= 11 is 0. The Morgan fingerprint density at radius 3 is 2.43 bits per heavy atom. The van der Waals surface area contributed by atoms with Crippen molar-refractivity contribution in [2.24, 2.45) is 0 Å². The number of hydrogen-bond donors (Lipinski definition) is 1. The van der Waals surface area contributed by atoms with Crippen LogP contribution in [0.25, 0.3) is 0 Å². The largest absolute Gasteiger partial charge is 0.497 e. The van der Waals surface area contributed by atoms with Crippen LogP contribution in [0.5, 0.6) is 5.75 Å². The van der Waals surface area contributed by atoms with Crippen molar-refractivity contribution in [1.29, 1.82) is 0 Å². The predicted octanol–water partition coefficient (Wildman–Crippen LogP) is 2.06. The first kappa shape index (κ1) is 14.5. The third-order valence-electron chi connectivity index (χ3n) is 2.99. The number of hydrogen-bond acceptors (Lipinski definition) is 4. The third kappa shape index (κ3) is 3.17. The lowest BCUT2D eigenvalue weighted by Crippen LogP contribution is -2.26. The van der Waals surface area contributed by atoms with Gasteiger partial charge in [0, 0.05) is 24.5 Å². The van der Waals surface area contributed by atoms with Crippen LogP contribution in [0.3, 0.4) is 0 Å². The first-order chi connectivity index (χ1) is 10.0. The van der Waals surface area contributed by atoms with Crippen molar-refractivity contribution in [2.45, 2.75) is 0 Å². The lowest BCUT2D eigenvalue weighted by Gasteiger charge is -2.17. The molecule has 0 atom stereocenters. The van der Waals surface area contributed by atoms with Gasteiger partial charge in [-0.3, -0.25) is 4.79 Å². The molecular weight excluding hydrogens is 272 g/mol. The highest BCUT2D eigenvalue weighted by Crippen LogP contribution is 2.19. The molecule has 2 rings (SSSR count). The van der Waals surface area contributed by atoms with Crippen molar-refractivity contribution in [2.75, 3.05) is 19.1 Å². The van der Waals surface area contributed by atoms with E-state index in [1.807, 2.05) is 0 Å².